The minimum absolute atomic E-state index is 0.0377. The van der Waals surface area contributed by atoms with Crippen molar-refractivity contribution in [3.8, 4) is 0 Å². The molecule has 0 fully saturated rings. The van der Waals surface area contributed by atoms with Crippen LogP contribution < -0.4 is 15.8 Å². The predicted octanol–water partition coefficient (Wildman–Crippen LogP) is -0.576. The molecule has 1 aliphatic heterocycles. The summed E-state index contributed by atoms with van der Waals surface area (Å²) in [6.45, 7) is -0.0624. The van der Waals surface area contributed by atoms with Crippen LogP contribution in [0.5, 0.6) is 0 Å². The number of fused-ring (bicyclic) bond motifs is 1. The molecule has 0 radical (unpaired) electrons. The molecule has 13 heteroatoms. The van der Waals surface area contributed by atoms with E-state index in [1.54, 1.807) is 0 Å². The van der Waals surface area contributed by atoms with Gasteiger partial charge in [0, 0.05) is 12.6 Å². The molecule has 1 aliphatic rings. The summed E-state index contributed by atoms with van der Waals surface area (Å²) in [6.07, 6.45) is 0.887. The van der Waals surface area contributed by atoms with E-state index in [1.165, 1.54) is 0 Å². The summed E-state index contributed by atoms with van der Waals surface area (Å²) in [6, 6.07) is 1.44. The zero-order valence-corrected chi connectivity index (χ0v) is 13.5. The number of rotatable bonds is 5. The second-order valence-corrected chi connectivity index (χ2v) is 8.08. The molecule has 4 N–H and O–H groups in total. The van der Waals surface area contributed by atoms with Gasteiger partial charge in [0.25, 0.3) is 15.8 Å². The highest BCUT2D eigenvalue weighted by Gasteiger charge is 2.29. The fraction of sp³-hybridized carbons (Fsp3) is 0.400. The first-order chi connectivity index (χ1) is 10.5. The number of primary sulfonamides is 1. The maximum absolute atomic E-state index is 11.4. The summed E-state index contributed by atoms with van der Waals surface area (Å²) in [4.78, 5) is 9.99. The topological polar surface area (TPSA) is 171 Å². The Labute approximate surface area is 132 Å². The van der Waals surface area contributed by atoms with E-state index in [2.05, 4.69) is 14.8 Å². The number of nitrogens with two attached hydrogens (primary N) is 1. The quantitative estimate of drug-likeness (QED) is 0.350. The molecule has 0 saturated heterocycles. The zero-order valence-electron chi connectivity index (χ0n) is 11.8. The van der Waals surface area contributed by atoms with Crippen molar-refractivity contribution in [3.63, 3.8) is 0 Å². The number of nitro groups is 1. The molecule has 1 aromatic carbocycles. The van der Waals surface area contributed by atoms with Crippen molar-refractivity contribution in [1.82, 2.24) is 0 Å². The molecular formula is C10H14N4O7S2. The molecule has 128 valence electrons. The van der Waals surface area contributed by atoms with Crippen LogP contribution in [0, 0.1) is 10.1 Å². The minimum atomic E-state index is -4.11. The lowest BCUT2D eigenvalue weighted by Gasteiger charge is -2.27. The van der Waals surface area contributed by atoms with Gasteiger partial charge in [0.05, 0.1) is 34.4 Å². The van der Waals surface area contributed by atoms with E-state index in [0.29, 0.717) is 0 Å². The minimum Gasteiger partial charge on any atom is -0.381 e. The molecule has 1 unspecified atom stereocenters. The van der Waals surface area contributed by atoms with Gasteiger partial charge in [-0.25, -0.2) is 13.6 Å². The fourth-order valence-electron chi connectivity index (χ4n) is 1.99. The summed E-state index contributed by atoms with van der Waals surface area (Å²) >= 11 is 0. The van der Waals surface area contributed by atoms with Crippen LogP contribution in [0.4, 0.5) is 17.1 Å². The van der Waals surface area contributed by atoms with Crippen molar-refractivity contribution >= 4 is 37.2 Å². The summed E-state index contributed by atoms with van der Waals surface area (Å²) in [5.74, 6) is 0. The van der Waals surface area contributed by atoms with Crippen LogP contribution in [0.2, 0.25) is 0 Å². The maximum Gasteiger partial charge on any atom is 0.295 e. The number of sulfonamides is 1. The van der Waals surface area contributed by atoms with Crippen LogP contribution in [0.3, 0.4) is 0 Å². The van der Waals surface area contributed by atoms with Crippen molar-refractivity contribution in [2.24, 2.45) is 5.14 Å². The predicted molar refractivity (Wildman–Crippen MR) is 81.2 cm³/mol. The zero-order chi connectivity index (χ0) is 17.4. The molecule has 2 rings (SSSR count). The second kappa shape index (κ2) is 5.92. The van der Waals surface area contributed by atoms with Gasteiger partial charge < -0.3 is 10.6 Å². The van der Waals surface area contributed by atoms with Gasteiger partial charge in [0.15, 0.2) is 0 Å². The van der Waals surface area contributed by atoms with Gasteiger partial charge in [-0.2, -0.15) is 8.42 Å². The molecule has 0 saturated carbocycles. The largest absolute Gasteiger partial charge is 0.381 e. The first-order valence-electron chi connectivity index (χ1n) is 6.17. The molecule has 0 bridgehead atoms. The summed E-state index contributed by atoms with van der Waals surface area (Å²) in [5.41, 5.74) is -0.280. The molecule has 1 heterocycles. The Bertz CT molecular complexity index is 850. The van der Waals surface area contributed by atoms with Crippen molar-refractivity contribution in [2.45, 2.75) is 10.9 Å². The first-order valence-corrected chi connectivity index (χ1v) is 9.54. The molecule has 0 amide bonds. The number of benzene rings is 1. The first kappa shape index (κ1) is 17.4. The summed E-state index contributed by atoms with van der Waals surface area (Å²) < 4.78 is 49.4. The summed E-state index contributed by atoms with van der Waals surface area (Å²) in [5, 5.41) is 21.7. The van der Waals surface area contributed by atoms with Gasteiger partial charge in [-0.05, 0) is 6.07 Å². The van der Waals surface area contributed by atoms with E-state index in [4.69, 9.17) is 5.14 Å². The number of nitrogens with zero attached hydrogens (tertiary/aromatic N) is 1. The lowest BCUT2D eigenvalue weighted by Crippen LogP contribution is -2.37. The standard InChI is InChI=1S/C10H14N4O7S2/c1-22(17,18)21-5-6-4-12-8-2-7(23(11,19)20)3-9(14(15)16)10(8)13-6/h2-3,6,12-13H,4-5H2,1H3,(H2,11,19,20). The highest BCUT2D eigenvalue weighted by molar-refractivity contribution is 7.89. The third kappa shape index (κ3) is 4.28. The Balaban J connectivity index is 2.37. The van der Waals surface area contributed by atoms with E-state index in [1.807, 2.05) is 0 Å². The van der Waals surface area contributed by atoms with Crippen LogP contribution >= 0.6 is 0 Å². The maximum atomic E-state index is 11.4. The number of anilines is 2. The van der Waals surface area contributed by atoms with E-state index < -0.39 is 41.7 Å². The molecule has 1 atom stereocenters. The van der Waals surface area contributed by atoms with Crippen LogP contribution in [-0.2, 0) is 24.3 Å². The van der Waals surface area contributed by atoms with Gasteiger partial charge in [-0.15, -0.1) is 0 Å². The van der Waals surface area contributed by atoms with Crippen molar-refractivity contribution in [2.75, 3.05) is 30.0 Å². The lowest BCUT2D eigenvalue weighted by molar-refractivity contribution is -0.384. The Morgan fingerprint density at radius 3 is 2.57 bits per heavy atom. The molecule has 0 spiro atoms. The molecule has 23 heavy (non-hydrogen) atoms. The highest BCUT2D eigenvalue weighted by Crippen LogP contribution is 2.37. The summed E-state index contributed by atoms with van der Waals surface area (Å²) in [7, 11) is -7.76. The van der Waals surface area contributed by atoms with Gasteiger partial charge in [0.2, 0.25) is 10.0 Å². The Kier molecular flexibility index (Phi) is 4.48. The number of nitro benzene ring substituents is 1. The molecular weight excluding hydrogens is 352 g/mol. The normalized spacial score (nSPS) is 17.7. The van der Waals surface area contributed by atoms with Gasteiger partial charge >= 0.3 is 0 Å². The van der Waals surface area contributed by atoms with E-state index in [-0.39, 0.29) is 24.5 Å². The Hall–Kier alpha value is -1.96. The molecule has 0 aliphatic carbocycles. The van der Waals surface area contributed by atoms with Crippen molar-refractivity contribution in [3.05, 3.63) is 22.2 Å². The number of hydrogen-bond acceptors (Lipinski definition) is 9. The van der Waals surface area contributed by atoms with Crippen molar-refractivity contribution < 1.29 is 25.9 Å². The van der Waals surface area contributed by atoms with Crippen LogP contribution in [-0.4, -0.2) is 47.2 Å². The fourth-order valence-corrected chi connectivity index (χ4v) is 2.96. The number of nitrogens with one attached hydrogen (secondary N) is 2. The monoisotopic (exact) mass is 366 g/mol. The molecule has 1 aromatic rings. The van der Waals surface area contributed by atoms with Crippen molar-refractivity contribution in [1.29, 1.82) is 0 Å². The van der Waals surface area contributed by atoms with Crippen LogP contribution in [0.25, 0.3) is 0 Å². The number of hydrogen-bond donors (Lipinski definition) is 3. The van der Waals surface area contributed by atoms with Gasteiger partial charge in [-0.1, -0.05) is 0 Å². The molecule has 0 aromatic heterocycles. The van der Waals surface area contributed by atoms with E-state index in [0.717, 1.165) is 18.4 Å². The smallest absolute Gasteiger partial charge is 0.295 e. The Morgan fingerprint density at radius 1 is 1.39 bits per heavy atom. The second-order valence-electron chi connectivity index (χ2n) is 4.88. The van der Waals surface area contributed by atoms with E-state index >= 15 is 0 Å². The van der Waals surface area contributed by atoms with E-state index in [9.17, 15) is 26.9 Å². The SMILES string of the molecule is CS(=O)(=O)OCC1CNc2cc(S(N)(=O)=O)cc([N+](=O)[O-])c2N1. The average Bonchev–Trinajstić information content (AvgIpc) is 2.41. The average molecular weight is 366 g/mol. The lowest BCUT2D eigenvalue weighted by atomic mass is 10.1. The Morgan fingerprint density at radius 2 is 2.04 bits per heavy atom. The van der Waals surface area contributed by atoms with Gasteiger partial charge in [-0.3, -0.25) is 14.3 Å². The molecule has 11 nitrogen and oxygen atoms in total. The third-order valence-electron chi connectivity index (χ3n) is 2.99. The third-order valence-corrected chi connectivity index (χ3v) is 4.44. The van der Waals surface area contributed by atoms with Crippen LogP contribution in [0.15, 0.2) is 17.0 Å². The van der Waals surface area contributed by atoms with Gasteiger partial charge in [0.1, 0.15) is 5.69 Å². The highest BCUT2D eigenvalue weighted by atomic mass is 32.2. The van der Waals surface area contributed by atoms with Crippen LogP contribution in [0.1, 0.15) is 0 Å².